The highest BCUT2D eigenvalue weighted by Crippen LogP contribution is 2.37. The van der Waals surface area contributed by atoms with Crippen LogP contribution in [-0.2, 0) is 0 Å². The molecule has 0 bridgehead atoms. The molecule has 0 aliphatic rings. The number of benzene rings is 2. The van der Waals surface area contributed by atoms with Crippen molar-refractivity contribution in [2.75, 3.05) is 7.11 Å². The van der Waals surface area contributed by atoms with Crippen molar-refractivity contribution in [3.05, 3.63) is 64.2 Å². The van der Waals surface area contributed by atoms with Crippen LogP contribution in [0.5, 0.6) is 5.75 Å². The van der Waals surface area contributed by atoms with E-state index in [0.29, 0.717) is 5.02 Å². The zero-order valence-electron chi connectivity index (χ0n) is 10.3. The van der Waals surface area contributed by atoms with Gasteiger partial charge in [0.2, 0.25) is 0 Å². The van der Waals surface area contributed by atoms with Gasteiger partial charge in [0.1, 0.15) is 5.75 Å². The van der Waals surface area contributed by atoms with Crippen LogP contribution in [0.2, 0.25) is 5.02 Å². The van der Waals surface area contributed by atoms with Crippen molar-refractivity contribution in [3.8, 4) is 5.75 Å². The highest BCUT2D eigenvalue weighted by atomic mass is 35.5. The maximum Gasteiger partial charge on any atom is 0.123 e. The Balaban J connectivity index is 2.48. The van der Waals surface area contributed by atoms with E-state index in [9.17, 15) is 0 Å². The molecule has 0 spiro atoms. The number of hydrogen-bond acceptors (Lipinski definition) is 1. The average Bonchev–Trinajstić information content (AvgIpc) is 2.38. The summed E-state index contributed by atoms with van der Waals surface area (Å²) in [6.07, 6.45) is 0. The number of aryl methyl sites for hydroxylation is 1. The number of ether oxygens (including phenoxy) is 1. The molecule has 0 fully saturated rings. The average molecular weight is 281 g/mol. The molecule has 0 heterocycles. The van der Waals surface area contributed by atoms with E-state index in [1.807, 2.05) is 43.3 Å². The molecule has 1 nitrogen and oxygen atoms in total. The summed E-state index contributed by atoms with van der Waals surface area (Å²) in [4.78, 5) is 0. The van der Waals surface area contributed by atoms with Gasteiger partial charge in [-0.2, -0.15) is 0 Å². The molecular formula is C15H14Cl2O. The zero-order valence-corrected chi connectivity index (χ0v) is 11.8. The number of rotatable bonds is 3. The Morgan fingerprint density at radius 1 is 1.06 bits per heavy atom. The van der Waals surface area contributed by atoms with Gasteiger partial charge in [-0.15, -0.1) is 11.6 Å². The van der Waals surface area contributed by atoms with Crippen molar-refractivity contribution in [2.45, 2.75) is 12.3 Å². The summed E-state index contributed by atoms with van der Waals surface area (Å²) >= 11 is 12.6. The third-order valence-electron chi connectivity index (χ3n) is 2.93. The first-order valence-corrected chi connectivity index (χ1v) is 6.48. The molecule has 94 valence electrons. The van der Waals surface area contributed by atoms with E-state index >= 15 is 0 Å². The van der Waals surface area contributed by atoms with Crippen LogP contribution in [-0.4, -0.2) is 7.11 Å². The van der Waals surface area contributed by atoms with Gasteiger partial charge < -0.3 is 4.74 Å². The van der Waals surface area contributed by atoms with Crippen LogP contribution >= 0.6 is 23.2 Å². The van der Waals surface area contributed by atoms with E-state index in [0.717, 1.165) is 22.4 Å². The van der Waals surface area contributed by atoms with Gasteiger partial charge in [0.15, 0.2) is 0 Å². The molecule has 0 saturated heterocycles. The minimum Gasteiger partial charge on any atom is -0.496 e. The number of halogens is 2. The van der Waals surface area contributed by atoms with E-state index in [1.54, 1.807) is 13.2 Å². The Morgan fingerprint density at radius 3 is 2.44 bits per heavy atom. The fraction of sp³-hybridized carbons (Fsp3) is 0.200. The molecule has 0 aliphatic carbocycles. The molecule has 0 amide bonds. The van der Waals surface area contributed by atoms with E-state index < -0.39 is 0 Å². The van der Waals surface area contributed by atoms with Gasteiger partial charge in [-0.25, -0.2) is 0 Å². The molecule has 2 aromatic rings. The molecule has 0 aromatic heterocycles. The topological polar surface area (TPSA) is 9.23 Å². The number of hydrogen-bond donors (Lipinski definition) is 0. The standard InChI is InChI=1S/C15H14Cl2O/c1-10-5-3-4-6-12(10)15(17)13-9-11(16)7-8-14(13)18-2/h3-9,15H,1-2H3. The maximum atomic E-state index is 6.55. The van der Waals surface area contributed by atoms with Crippen molar-refractivity contribution in [3.63, 3.8) is 0 Å². The third-order valence-corrected chi connectivity index (χ3v) is 3.63. The lowest BCUT2D eigenvalue weighted by Crippen LogP contribution is -1.99. The van der Waals surface area contributed by atoms with Crippen LogP contribution in [0.15, 0.2) is 42.5 Å². The molecule has 18 heavy (non-hydrogen) atoms. The molecule has 0 radical (unpaired) electrons. The van der Waals surface area contributed by atoms with E-state index in [-0.39, 0.29) is 5.38 Å². The molecule has 2 aromatic carbocycles. The van der Waals surface area contributed by atoms with Gasteiger partial charge in [-0.1, -0.05) is 35.9 Å². The van der Waals surface area contributed by atoms with Crippen molar-refractivity contribution < 1.29 is 4.74 Å². The molecule has 1 atom stereocenters. The number of methoxy groups -OCH3 is 1. The van der Waals surface area contributed by atoms with Crippen LogP contribution < -0.4 is 4.74 Å². The monoisotopic (exact) mass is 280 g/mol. The summed E-state index contributed by atoms with van der Waals surface area (Å²) in [5, 5.41) is 0.393. The third kappa shape index (κ3) is 2.63. The van der Waals surface area contributed by atoms with Gasteiger partial charge in [0.25, 0.3) is 0 Å². The van der Waals surface area contributed by atoms with Crippen molar-refractivity contribution >= 4 is 23.2 Å². The molecule has 1 unspecified atom stereocenters. The van der Waals surface area contributed by atoms with Crippen molar-refractivity contribution in [2.24, 2.45) is 0 Å². The fourth-order valence-corrected chi connectivity index (χ4v) is 2.54. The second-order valence-electron chi connectivity index (χ2n) is 4.11. The minimum absolute atomic E-state index is 0.264. The lowest BCUT2D eigenvalue weighted by molar-refractivity contribution is 0.410. The van der Waals surface area contributed by atoms with Crippen LogP contribution in [0.25, 0.3) is 0 Å². The van der Waals surface area contributed by atoms with E-state index in [4.69, 9.17) is 27.9 Å². The Kier molecular flexibility index (Phi) is 4.15. The van der Waals surface area contributed by atoms with Crippen LogP contribution in [0.1, 0.15) is 22.1 Å². The van der Waals surface area contributed by atoms with Gasteiger partial charge in [-0.3, -0.25) is 0 Å². The summed E-state index contributed by atoms with van der Waals surface area (Å²) in [5.41, 5.74) is 3.11. The fourth-order valence-electron chi connectivity index (χ4n) is 1.94. The molecule has 2 rings (SSSR count). The largest absolute Gasteiger partial charge is 0.496 e. The molecule has 3 heteroatoms. The van der Waals surface area contributed by atoms with Gasteiger partial charge >= 0.3 is 0 Å². The van der Waals surface area contributed by atoms with E-state index in [1.165, 1.54) is 0 Å². The SMILES string of the molecule is COc1ccc(Cl)cc1C(Cl)c1ccccc1C. The second-order valence-corrected chi connectivity index (χ2v) is 4.98. The molecule has 0 saturated carbocycles. The zero-order chi connectivity index (χ0) is 13.1. The normalized spacial score (nSPS) is 12.2. The summed E-state index contributed by atoms with van der Waals surface area (Å²) in [6.45, 7) is 2.04. The smallest absolute Gasteiger partial charge is 0.123 e. The minimum atomic E-state index is -0.264. The quantitative estimate of drug-likeness (QED) is 0.720. The highest BCUT2D eigenvalue weighted by Gasteiger charge is 2.17. The molecular weight excluding hydrogens is 267 g/mol. The first-order valence-electron chi connectivity index (χ1n) is 5.66. The van der Waals surface area contributed by atoms with Crippen LogP contribution in [0, 0.1) is 6.92 Å². The first-order chi connectivity index (χ1) is 8.63. The molecule has 0 N–H and O–H groups in total. The summed E-state index contributed by atoms with van der Waals surface area (Å²) < 4.78 is 5.34. The number of alkyl halides is 1. The predicted molar refractivity (Wildman–Crippen MR) is 76.9 cm³/mol. The lowest BCUT2D eigenvalue weighted by atomic mass is 9.99. The van der Waals surface area contributed by atoms with Gasteiger partial charge in [0, 0.05) is 10.6 Å². The Hall–Kier alpha value is -1.18. The van der Waals surface area contributed by atoms with E-state index in [2.05, 4.69) is 0 Å². The predicted octanol–water partition coefficient (Wildman–Crippen LogP) is 4.99. The Morgan fingerprint density at radius 2 is 1.78 bits per heavy atom. The Labute approximate surface area is 117 Å². The Bertz CT molecular complexity index is 552. The molecule has 0 aliphatic heterocycles. The highest BCUT2D eigenvalue weighted by molar-refractivity contribution is 6.31. The lowest BCUT2D eigenvalue weighted by Gasteiger charge is -2.16. The van der Waals surface area contributed by atoms with Crippen molar-refractivity contribution in [1.82, 2.24) is 0 Å². The van der Waals surface area contributed by atoms with Crippen molar-refractivity contribution in [1.29, 1.82) is 0 Å². The maximum absolute atomic E-state index is 6.55. The van der Waals surface area contributed by atoms with Gasteiger partial charge in [0.05, 0.1) is 12.5 Å². The van der Waals surface area contributed by atoms with Crippen LogP contribution in [0.4, 0.5) is 0 Å². The van der Waals surface area contributed by atoms with Gasteiger partial charge in [-0.05, 0) is 36.2 Å². The first kappa shape index (κ1) is 13.3. The summed E-state index contributed by atoms with van der Waals surface area (Å²) in [5.74, 6) is 0.752. The summed E-state index contributed by atoms with van der Waals surface area (Å²) in [6, 6.07) is 13.5. The summed E-state index contributed by atoms with van der Waals surface area (Å²) in [7, 11) is 1.63. The second kappa shape index (κ2) is 5.64. The van der Waals surface area contributed by atoms with Crippen LogP contribution in [0.3, 0.4) is 0 Å².